The van der Waals surface area contributed by atoms with Gasteiger partial charge in [-0.2, -0.15) is 0 Å². The molecule has 0 saturated carbocycles. The van der Waals surface area contributed by atoms with E-state index >= 15 is 0 Å². The highest BCUT2D eigenvalue weighted by Gasteiger charge is 2.22. The summed E-state index contributed by atoms with van der Waals surface area (Å²) in [5, 5.41) is 10.6. The van der Waals surface area contributed by atoms with Crippen LogP contribution in [0.4, 0.5) is 0 Å². The van der Waals surface area contributed by atoms with Crippen molar-refractivity contribution in [3.05, 3.63) is 101 Å². The van der Waals surface area contributed by atoms with Crippen LogP contribution >= 0.6 is 0 Å². The zero-order valence-corrected chi connectivity index (χ0v) is 17.0. The minimum Gasteiger partial charge on any atom is -0.489 e. The summed E-state index contributed by atoms with van der Waals surface area (Å²) in [4.78, 5) is 15.0. The van der Waals surface area contributed by atoms with Gasteiger partial charge in [-0.15, -0.1) is 0 Å². The largest absolute Gasteiger partial charge is 0.489 e. The van der Waals surface area contributed by atoms with Gasteiger partial charge in [0.1, 0.15) is 12.4 Å². The lowest BCUT2D eigenvalue weighted by Gasteiger charge is -2.16. The number of rotatable bonds is 8. The number of para-hydroxylation sites is 1. The molecule has 4 nitrogen and oxygen atoms in total. The number of aromatic nitrogens is 1. The Hall–Kier alpha value is -3.53. The van der Waals surface area contributed by atoms with Crippen LogP contribution in [-0.2, 0) is 17.8 Å². The zero-order chi connectivity index (χ0) is 20.9. The van der Waals surface area contributed by atoms with E-state index < -0.39 is 5.97 Å². The molecule has 0 spiro atoms. The van der Waals surface area contributed by atoms with Crippen LogP contribution in [-0.4, -0.2) is 16.1 Å². The van der Waals surface area contributed by atoms with E-state index in [1.165, 1.54) is 5.56 Å². The van der Waals surface area contributed by atoms with Crippen LogP contribution in [0.3, 0.4) is 0 Å². The minimum atomic E-state index is -0.814. The van der Waals surface area contributed by atoms with Gasteiger partial charge in [-0.05, 0) is 40.8 Å². The van der Waals surface area contributed by atoms with E-state index in [1.54, 1.807) is 0 Å². The molecule has 152 valence electrons. The van der Waals surface area contributed by atoms with E-state index in [2.05, 4.69) is 24.0 Å². The molecule has 1 aromatic heterocycles. The molecule has 1 atom stereocenters. The first-order valence-electron chi connectivity index (χ1n) is 10.2. The van der Waals surface area contributed by atoms with Crippen molar-refractivity contribution in [2.24, 2.45) is 0 Å². The highest BCUT2D eigenvalue weighted by Crippen LogP contribution is 2.35. The SMILES string of the molecule is CCc1cccc2c([C@@H](CC(=O)O)c3ccc(OCc4ccccc4)cc3)c[nH]c12. The lowest BCUT2D eigenvalue weighted by Crippen LogP contribution is -2.08. The summed E-state index contributed by atoms with van der Waals surface area (Å²) in [5.74, 6) is -0.277. The fourth-order valence-electron chi connectivity index (χ4n) is 3.94. The maximum atomic E-state index is 11.6. The number of carboxylic acids is 1. The van der Waals surface area contributed by atoms with Crippen molar-refractivity contribution in [3.8, 4) is 5.75 Å². The van der Waals surface area contributed by atoms with Crippen LogP contribution in [0.1, 0.15) is 41.5 Å². The molecule has 4 heteroatoms. The van der Waals surface area contributed by atoms with Crippen LogP contribution < -0.4 is 4.74 Å². The number of aromatic amines is 1. The Balaban J connectivity index is 1.61. The van der Waals surface area contributed by atoms with E-state index in [1.807, 2.05) is 66.9 Å². The van der Waals surface area contributed by atoms with E-state index in [4.69, 9.17) is 4.74 Å². The number of hydrogen-bond donors (Lipinski definition) is 2. The van der Waals surface area contributed by atoms with Gasteiger partial charge in [0.05, 0.1) is 6.42 Å². The molecule has 0 amide bonds. The smallest absolute Gasteiger partial charge is 0.304 e. The molecule has 0 aliphatic carbocycles. The molecule has 0 fully saturated rings. The maximum Gasteiger partial charge on any atom is 0.304 e. The number of ether oxygens (including phenoxy) is 1. The van der Waals surface area contributed by atoms with Gasteiger partial charge < -0.3 is 14.8 Å². The number of carboxylic acid groups (broad SMARTS) is 1. The molecule has 0 aliphatic rings. The highest BCUT2D eigenvalue weighted by atomic mass is 16.5. The Morgan fingerprint density at radius 2 is 1.77 bits per heavy atom. The Bertz CT molecular complexity index is 1130. The second kappa shape index (κ2) is 8.87. The number of fused-ring (bicyclic) bond motifs is 1. The highest BCUT2D eigenvalue weighted by molar-refractivity contribution is 5.87. The van der Waals surface area contributed by atoms with Crippen molar-refractivity contribution in [1.29, 1.82) is 0 Å². The van der Waals surface area contributed by atoms with Crippen molar-refractivity contribution < 1.29 is 14.6 Å². The minimum absolute atomic E-state index is 0.0352. The second-order valence-corrected chi connectivity index (χ2v) is 7.43. The summed E-state index contributed by atoms with van der Waals surface area (Å²) < 4.78 is 5.88. The van der Waals surface area contributed by atoms with Crippen molar-refractivity contribution in [2.75, 3.05) is 0 Å². The number of hydrogen-bond acceptors (Lipinski definition) is 2. The first-order valence-corrected chi connectivity index (χ1v) is 10.2. The standard InChI is InChI=1S/C26H25NO3/c1-2-19-9-6-10-22-24(16-27-26(19)22)23(15-25(28)29)20-11-13-21(14-12-20)30-17-18-7-4-3-5-8-18/h3-14,16,23,27H,2,15,17H2,1H3,(H,28,29)/t23-/m0/s1. The molecular weight excluding hydrogens is 374 g/mol. The predicted octanol–water partition coefficient (Wildman–Crippen LogP) is 5.92. The number of H-pyrrole nitrogens is 1. The molecule has 30 heavy (non-hydrogen) atoms. The molecule has 4 aromatic rings. The molecule has 0 radical (unpaired) electrons. The van der Waals surface area contributed by atoms with Gasteiger partial charge >= 0.3 is 5.97 Å². The van der Waals surface area contributed by atoms with Crippen molar-refractivity contribution in [1.82, 2.24) is 4.98 Å². The van der Waals surface area contributed by atoms with Crippen LogP contribution in [0.15, 0.2) is 79.0 Å². The summed E-state index contributed by atoms with van der Waals surface area (Å²) in [6.07, 6.45) is 2.92. The van der Waals surface area contributed by atoms with Crippen LogP contribution in [0.5, 0.6) is 5.75 Å². The predicted molar refractivity (Wildman–Crippen MR) is 119 cm³/mol. The van der Waals surface area contributed by atoms with Gasteiger partial charge in [-0.3, -0.25) is 4.79 Å². The fourth-order valence-corrected chi connectivity index (χ4v) is 3.94. The summed E-state index contributed by atoms with van der Waals surface area (Å²) in [6.45, 7) is 2.62. The Labute approximate surface area is 176 Å². The molecule has 1 heterocycles. The Morgan fingerprint density at radius 3 is 2.47 bits per heavy atom. The summed E-state index contributed by atoms with van der Waals surface area (Å²) >= 11 is 0. The number of aryl methyl sites for hydroxylation is 1. The molecule has 2 N–H and O–H groups in total. The monoisotopic (exact) mass is 399 g/mol. The molecule has 0 saturated heterocycles. The third-order valence-electron chi connectivity index (χ3n) is 5.50. The molecule has 3 aromatic carbocycles. The van der Waals surface area contributed by atoms with E-state index in [0.717, 1.165) is 39.8 Å². The maximum absolute atomic E-state index is 11.6. The van der Waals surface area contributed by atoms with Gasteiger partial charge in [0.2, 0.25) is 0 Å². The third-order valence-corrected chi connectivity index (χ3v) is 5.50. The topological polar surface area (TPSA) is 62.3 Å². The molecule has 0 aliphatic heterocycles. The number of carbonyl (C=O) groups is 1. The van der Waals surface area contributed by atoms with Crippen molar-refractivity contribution >= 4 is 16.9 Å². The fraction of sp³-hybridized carbons (Fsp3) is 0.192. The van der Waals surface area contributed by atoms with Gasteiger partial charge in [-0.1, -0.05) is 67.6 Å². The van der Waals surface area contributed by atoms with Crippen LogP contribution in [0.25, 0.3) is 10.9 Å². The van der Waals surface area contributed by atoms with Crippen molar-refractivity contribution in [2.45, 2.75) is 32.3 Å². The number of nitrogens with one attached hydrogen (secondary N) is 1. The van der Waals surface area contributed by atoms with Crippen molar-refractivity contribution in [3.63, 3.8) is 0 Å². The molecule has 0 unspecified atom stereocenters. The molecular formula is C26H25NO3. The summed E-state index contributed by atoms with van der Waals surface area (Å²) in [7, 11) is 0. The van der Waals surface area contributed by atoms with Gasteiger partial charge in [0, 0.05) is 23.0 Å². The van der Waals surface area contributed by atoms with Gasteiger partial charge in [-0.25, -0.2) is 0 Å². The quantitative estimate of drug-likeness (QED) is 0.387. The van der Waals surface area contributed by atoms with E-state index in [0.29, 0.717) is 6.61 Å². The second-order valence-electron chi connectivity index (χ2n) is 7.43. The summed E-state index contributed by atoms with van der Waals surface area (Å²) in [5.41, 5.74) is 5.41. The average molecular weight is 399 g/mol. The normalized spacial score (nSPS) is 12.0. The first kappa shape index (κ1) is 19.8. The van der Waals surface area contributed by atoms with Gasteiger partial charge in [0.15, 0.2) is 0 Å². The lowest BCUT2D eigenvalue weighted by atomic mass is 9.88. The Kier molecular flexibility index (Phi) is 5.84. The third kappa shape index (κ3) is 4.23. The van der Waals surface area contributed by atoms with E-state index in [-0.39, 0.29) is 12.3 Å². The number of aliphatic carboxylic acids is 1. The molecule has 4 rings (SSSR count). The first-order chi connectivity index (χ1) is 14.7. The number of benzene rings is 3. The van der Waals surface area contributed by atoms with Crippen LogP contribution in [0, 0.1) is 0 Å². The molecule has 0 bridgehead atoms. The van der Waals surface area contributed by atoms with Crippen LogP contribution in [0.2, 0.25) is 0 Å². The zero-order valence-electron chi connectivity index (χ0n) is 17.0. The van der Waals surface area contributed by atoms with Gasteiger partial charge in [0.25, 0.3) is 0 Å². The van der Waals surface area contributed by atoms with E-state index in [9.17, 15) is 9.90 Å². The lowest BCUT2D eigenvalue weighted by molar-refractivity contribution is -0.137. The average Bonchev–Trinajstić information content (AvgIpc) is 3.21. The summed E-state index contributed by atoms with van der Waals surface area (Å²) in [6, 6.07) is 24.0. The Morgan fingerprint density at radius 1 is 1.00 bits per heavy atom.